The monoisotopic (exact) mass is 228 g/mol. The number of aliphatic hydroxyl groups is 1. The van der Waals surface area contributed by atoms with Gasteiger partial charge >= 0.3 is 0 Å². The van der Waals surface area contributed by atoms with E-state index in [0.717, 1.165) is 12.8 Å². The van der Waals surface area contributed by atoms with E-state index in [1.165, 1.54) is 64.2 Å². The van der Waals surface area contributed by atoms with E-state index in [9.17, 15) is 5.11 Å². The summed E-state index contributed by atoms with van der Waals surface area (Å²) in [5.41, 5.74) is 0. The Morgan fingerprint density at radius 1 is 0.625 bits per heavy atom. The van der Waals surface area contributed by atoms with Crippen molar-refractivity contribution in [3.8, 4) is 0 Å². The molecule has 1 atom stereocenters. The molecule has 0 aliphatic carbocycles. The first kappa shape index (κ1) is 16.0. The van der Waals surface area contributed by atoms with Crippen LogP contribution < -0.4 is 0 Å². The molecule has 0 amide bonds. The van der Waals surface area contributed by atoms with E-state index in [1.54, 1.807) is 0 Å². The van der Waals surface area contributed by atoms with Crippen LogP contribution in [0.15, 0.2) is 0 Å². The van der Waals surface area contributed by atoms with Gasteiger partial charge in [-0.05, 0) is 12.8 Å². The molecule has 98 valence electrons. The Balaban J connectivity index is 3.06. The summed E-state index contributed by atoms with van der Waals surface area (Å²) >= 11 is 0. The van der Waals surface area contributed by atoms with Crippen LogP contribution in [0.4, 0.5) is 0 Å². The summed E-state index contributed by atoms with van der Waals surface area (Å²) in [6, 6.07) is 0. The van der Waals surface area contributed by atoms with Crippen LogP contribution in [0.1, 0.15) is 90.9 Å². The van der Waals surface area contributed by atoms with Gasteiger partial charge in [0.15, 0.2) is 0 Å². The lowest BCUT2D eigenvalue weighted by molar-refractivity contribution is 0.147. The first-order valence-corrected chi connectivity index (χ1v) is 7.49. The maximum atomic E-state index is 9.72. The van der Waals surface area contributed by atoms with Crippen LogP contribution in [-0.4, -0.2) is 11.2 Å². The van der Waals surface area contributed by atoms with E-state index in [2.05, 4.69) is 13.8 Å². The van der Waals surface area contributed by atoms with Crippen LogP contribution in [0.2, 0.25) is 0 Å². The normalized spacial score (nSPS) is 12.9. The minimum Gasteiger partial charge on any atom is -0.393 e. The summed E-state index contributed by atoms with van der Waals surface area (Å²) in [5.74, 6) is 0. The standard InChI is InChI=1S/C15H32O/c1-3-5-7-8-9-10-12-14-15(16)13-11-6-4-2/h15-16H,3-14H2,1-2H3/t15-/m0/s1. The summed E-state index contributed by atoms with van der Waals surface area (Å²) in [7, 11) is 0. The average molecular weight is 228 g/mol. The summed E-state index contributed by atoms with van der Waals surface area (Å²) < 4.78 is 0. The largest absolute Gasteiger partial charge is 0.393 e. The molecule has 1 nitrogen and oxygen atoms in total. The molecule has 0 bridgehead atoms. The number of unbranched alkanes of at least 4 members (excludes halogenated alkanes) is 8. The van der Waals surface area contributed by atoms with E-state index in [1.807, 2.05) is 0 Å². The lowest BCUT2D eigenvalue weighted by Crippen LogP contribution is -2.05. The first-order chi connectivity index (χ1) is 7.81. The van der Waals surface area contributed by atoms with E-state index in [4.69, 9.17) is 0 Å². The fraction of sp³-hybridized carbons (Fsp3) is 1.00. The van der Waals surface area contributed by atoms with Crippen LogP contribution in [0.3, 0.4) is 0 Å². The van der Waals surface area contributed by atoms with Crippen molar-refractivity contribution in [2.45, 2.75) is 97.0 Å². The van der Waals surface area contributed by atoms with Crippen molar-refractivity contribution in [2.75, 3.05) is 0 Å². The zero-order chi connectivity index (χ0) is 12.1. The van der Waals surface area contributed by atoms with Crippen LogP contribution >= 0.6 is 0 Å². The second kappa shape index (κ2) is 13.0. The third-order valence-electron chi connectivity index (χ3n) is 3.28. The van der Waals surface area contributed by atoms with Crippen LogP contribution in [-0.2, 0) is 0 Å². The first-order valence-electron chi connectivity index (χ1n) is 7.49. The number of aliphatic hydroxyl groups excluding tert-OH is 1. The highest BCUT2D eigenvalue weighted by molar-refractivity contribution is 4.56. The Morgan fingerprint density at radius 2 is 1.00 bits per heavy atom. The molecule has 0 aromatic rings. The van der Waals surface area contributed by atoms with Gasteiger partial charge in [-0.15, -0.1) is 0 Å². The molecule has 0 saturated carbocycles. The van der Waals surface area contributed by atoms with Gasteiger partial charge in [0.05, 0.1) is 6.10 Å². The molecule has 0 saturated heterocycles. The second-order valence-electron chi connectivity index (χ2n) is 5.06. The van der Waals surface area contributed by atoms with E-state index >= 15 is 0 Å². The number of hydrogen-bond donors (Lipinski definition) is 1. The van der Waals surface area contributed by atoms with Crippen molar-refractivity contribution in [3.05, 3.63) is 0 Å². The molecular weight excluding hydrogens is 196 g/mol. The van der Waals surface area contributed by atoms with E-state index in [0.29, 0.717) is 0 Å². The molecule has 0 aliphatic heterocycles. The fourth-order valence-corrected chi connectivity index (χ4v) is 2.11. The van der Waals surface area contributed by atoms with Gasteiger partial charge in [0, 0.05) is 0 Å². The molecule has 0 rings (SSSR count). The Bertz CT molecular complexity index is 123. The molecule has 0 aliphatic rings. The van der Waals surface area contributed by atoms with Crippen molar-refractivity contribution >= 4 is 0 Å². The minimum absolute atomic E-state index is 0.0257. The molecule has 16 heavy (non-hydrogen) atoms. The molecule has 0 spiro atoms. The zero-order valence-electron chi connectivity index (χ0n) is 11.5. The Labute approximate surface area is 103 Å². The third kappa shape index (κ3) is 12.0. The lowest BCUT2D eigenvalue weighted by Gasteiger charge is -2.09. The molecule has 0 aromatic heterocycles. The van der Waals surface area contributed by atoms with Gasteiger partial charge in [-0.2, -0.15) is 0 Å². The SMILES string of the molecule is CCCCCCCCC[C@@H](O)CCCCC. The van der Waals surface area contributed by atoms with Gasteiger partial charge in [-0.1, -0.05) is 78.1 Å². The summed E-state index contributed by atoms with van der Waals surface area (Å²) in [6.45, 7) is 4.47. The molecule has 0 fully saturated rings. The van der Waals surface area contributed by atoms with Gasteiger partial charge in [-0.25, -0.2) is 0 Å². The lowest BCUT2D eigenvalue weighted by atomic mass is 10.0. The summed E-state index contributed by atoms with van der Waals surface area (Å²) in [6.07, 6.45) is 15.1. The summed E-state index contributed by atoms with van der Waals surface area (Å²) in [5, 5.41) is 9.72. The van der Waals surface area contributed by atoms with Gasteiger partial charge in [0.1, 0.15) is 0 Å². The number of rotatable bonds is 12. The van der Waals surface area contributed by atoms with Crippen molar-refractivity contribution in [1.82, 2.24) is 0 Å². The van der Waals surface area contributed by atoms with Crippen LogP contribution in [0.25, 0.3) is 0 Å². The molecule has 0 radical (unpaired) electrons. The van der Waals surface area contributed by atoms with Crippen LogP contribution in [0, 0.1) is 0 Å². The minimum atomic E-state index is -0.0257. The third-order valence-corrected chi connectivity index (χ3v) is 3.28. The predicted molar refractivity (Wildman–Crippen MR) is 72.8 cm³/mol. The molecule has 0 heterocycles. The Hall–Kier alpha value is -0.0400. The van der Waals surface area contributed by atoms with Crippen molar-refractivity contribution in [3.63, 3.8) is 0 Å². The van der Waals surface area contributed by atoms with Crippen molar-refractivity contribution in [2.24, 2.45) is 0 Å². The van der Waals surface area contributed by atoms with Crippen molar-refractivity contribution in [1.29, 1.82) is 0 Å². The van der Waals surface area contributed by atoms with E-state index in [-0.39, 0.29) is 6.10 Å². The molecule has 1 heteroatoms. The van der Waals surface area contributed by atoms with Gasteiger partial charge in [0.25, 0.3) is 0 Å². The fourth-order valence-electron chi connectivity index (χ4n) is 2.11. The smallest absolute Gasteiger partial charge is 0.0540 e. The molecule has 0 unspecified atom stereocenters. The topological polar surface area (TPSA) is 20.2 Å². The Kier molecular flexibility index (Phi) is 13.0. The summed E-state index contributed by atoms with van der Waals surface area (Å²) in [4.78, 5) is 0. The zero-order valence-corrected chi connectivity index (χ0v) is 11.5. The molecule has 0 aromatic carbocycles. The van der Waals surface area contributed by atoms with Gasteiger partial charge < -0.3 is 5.11 Å². The predicted octanol–water partition coefficient (Wildman–Crippen LogP) is 5.07. The van der Waals surface area contributed by atoms with Crippen LogP contribution in [0.5, 0.6) is 0 Å². The maximum Gasteiger partial charge on any atom is 0.0540 e. The highest BCUT2D eigenvalue weighted by Crippen LogP contribution is 2.12. The Morgan fingerprint density at radius 3 is 1.56 bits per heavy atom. The number of hydrogen-bond acceptors (Lipinski definition) is 1. The average Bonchev–Trinajstić information content (AvgIpc) is 2.28. The van der Waals surface area contributed by atoms with E-state index < -0.39 is 0 Å². The molecule has 1 N–H and O–H groups in total. The van der Waals surface area contributed by atoms with Gasteiger partial charge in [-0.3, -0.25) is 0 Å². The molecular formula is C15H32O. The van der Waals surface area contributed by atoms with Gasteiger partial charge in [0.2, 0.25) is 0 Å². The maximum absolute atomic E-state index is 9.72. The quantitative estimate of drug-likeness (QED) is 0.462. The van der Waals surface area contributed by atoms with Crippen molar-refractivity contribution < 1.29 is 5.11 Å². The second-order valence-corrected chi connectivity index (χ2v) is 5.06. The highest BCUT2D eigenvalue weighted by atomic mass is 16.3. The highest BCUT2D eigenvalue weighted by Gasteiger charge is 2.02.